The predicted molar refractivity (Wildman–Crippen MR) is 77.5 cm³/mol. The summed E-state index contributed by atoms with van der Waals surface area (Å²) in [5, 5.41) is 9.23. The van der Waals surface area contributed by atoms with Gasteiger partial charge in [0.2, 0.25) is 0 Å². The molecule has 1 aromatic carbocycles. The summed E-state index contributed by atoms with van der Waals surface area (Å²) in [6.45, 7) is 2.81. The van der Waals surface area contributed by atoms with E-state index in [1.165, 1.54) is 12.8 Å². The van der Waals surface area contributed by atoms with Gasteiger partial charge in [-0.1, -0.05) is 15.9 Å². The van der Waals surface area contributed by atoms with Gasteiger partial charge in [0.05, 0.1) is 11.3 Å². The molecule has 2 N–H and O–H groups in total. The Balaban J connectivity index is 2.18. The number of hydrogen-bond donors (Lipinski definition) is 1. The summed E-state index contributed by atoms with van der Waals surface area (Å²) >= 11 is 3.41. The molecule has 1 unspecified atom stereocenters. The molecule has 0 radical (unpaired) electrons. The van der Waals surface area contributed by atoms with Crippen LogP contribution in [0.25, 0.3) is 0 Å². The minimum absolute atomic E-state index is 0.666. The zero-order valence-corrected chi connectivity index (χ0v) is 12.0. The number of hydrogen-bond acceptors (Lipinski definition) is 3. The lowest BCUT2D eigenvalue weighted by Gasteiger charge is -2.34. The maximum Gasteiger partial charge on any atom is 0.101 e. The second-order valence-corrected chi connectivity index (χ2v) is 5.72. The largest absolute Gasteiger partial charge is 0.370 e. The number of rotatable bonds is 3. The highest BCUT2D eigenvalue weighted by atomic mass is 79.9. The number of halogens is 1. The summed E-state index contributed by atoms with van der Waals surface area (Å²) in [6, 6.07) is 8.21. The highest BCUT2D eigenvalue weighted by Crippen LogP contribution is 2.29. The second kappa shape index (κ2) is 6.21. The standard InChI is InChI=1S/C14H18BrN3/c15-13-3-4-14(12(8-13)9-17)18-7-1-2-11(10-18)5-6-16/h3-4,8,11H,1-2,5-7,10,16H2. The minimum Gasteiger partial charge on any atom is -0.370 e. The number of piperidine rings is 1. The zero-order valence-electron chi connectivity index (χ0n) is 10.4. The molecule has 0 bridgehead atoms. The van der Waals surface area contributed by atoms with E-state index in [2.05, 4.69) is 26.9 Å². The van der Waals surface area contributed by atoms with Gasteiger partial charge in [-0.2, -0.15) is 5.26 Å². The van der Waals surface area contributed by atoms with E-state index in [0.29, 0.717) is 5.92 Å². The number of nitrogens with two attached hydrogens (primary N) is 1. The molecule has 1 aliphatic heterocycles. The van der Waals surface area contributed by atoms with Crippen LogP contribution in [0.3, 0.4) is 0 Å². The topological polar surface area (TPSA) is 53.0 Å². The van der Waals surface area contributed by atoms with Crippen LogP contribution in [0.1, 0.15) is 24.8 Å². The molecule has 1 aromatic rings. The van der Waals surface area contributed by atoms with Crippen molar-refractivity contribution >= 4 is 21.6 Å². The summed E-state index contributed by atoms with van der Waals surface area (Å²) in [7, 11) is 0. The van der Waals surface area contributed by atoms with Crippen molar-refractivity contribution in [2.45, 2.75) is 19.3 Å². The van der Waals surface area contributed by atoms with Crippen molar-refractivity contribution in [2.24, 2.45) is 11.7 Å². The molecule has 0 amide bonds. The van der Waals surface area contributed by atoms with Gasteiger partial charge >= 0.3 is 0 Å². The van der Waals surface area contributed by atoms with Gasteiger partial charge in [-0.25, -0.2) is 0 Å². The fourth-order valence-corrected chi connectivity index (χ4v) is 2.99. The van der Waals surface area contributed by atoms with E-state index in [1.807, 2.05) is 18.2 Å². The van der Waals surface area contributed by atoms with Crippen molar-refractivity contribution in [3.8, 4) is 6.07 Å². The molecule has 0 spiro atoms. The molecular weight excluding hydrogens is 290 g/mol. The maximum atomic E-state index is 9.23. The normalized spacial score (nSPS) is 19.6. The lowest BCUT2D eigenvalue weighted by molar-refractivity contribution is 0.396. The van der Waals surface area contributed by atoms with Crippen molar-refractivity contribution in [3.05, 3.63) is 28.2 Å². The van der Waals surface area contributed by atoms with Crippen LogP contribution >= 0.6 is 15.9 Å². The number of anilines is 1. The van der Waals surface area contributed by atoms with Crippen molar-refractivity contribution in [1.82, 2.24) is 0 Å². The van der Waals surface area contributed by atoms with Crippen molar-refractivity contribution in [3.63, 3.8) is 0 Å². The van der Waals surface area contributed by atoms with E-state index >= 15 is 0 Å². The molecule has 1 atom stereocenters. The van der Waals surface area contributed by atoms with Crippen molar-refractivity contribution < 1.29 is 0 Å². The first-order valence-electron chi connectivity index (χ1n) is 6.39. The highest BCUT2D eigenvalue weighted by molar-refractivity contribution is 9.10. The Kier molecular flexibility index (Phi) is 4.62. The molecule has 0 aliphatic carbocycles. The average Bonchev–Trinajstić information content (AvgIpc) is 2.39. The molecule has 1 saturated heterocycles. The lowest BCUT2D eigenvalue weighted by Crippen LogP contribution is -2.36. The van der Waals surface area contributed by atoms with Crippen LogP contribution in [0.4, 0.5) is 5.69 Å². The van der Waals surface area contributed by atoms with Crippen LogP contribution in [-0.4, -0.2) is 19.6 Å². The van der Waals surface area contributed by atoms with E-state index in [0.717, 1.165) is 41.8 Å². The molecule has 4 heteroatoms. The monoisotopic (exact) mass is 307 g/mol. The smallest absolute Gasteiger partial charge is 0.101 e. The van der Waals surface area contributed by atoms with Crippen LogP contribution in [0.5, 0.6) is 0 Å². The van der Waals surface area contributed by atoms with Gasteiger partial charge < -0.3 is 10.6 Å². The Morgan fingerprint density at radius 2 is 2.33 bits per heavy atom. The molecule has 0 aromatic heterocycles. The van der Waals surface area contributed by atoms with Crippen LogP contribution in [0, 0.1) is 17.2 Å². The van der Waals surface area contributed by atoms with E-state index in [4.69, 9.17) is 5.73 Å². The molecule has 96 valence electrons. The summed E-state index contributed by atoms with van der Waals surface area (Å²) in [6.07, 6.45) is 3.52. The Hall–Kier alpha value is -1.05. The third kappa shape index (κ3) is 3.04. The Bertz CT molecular complexity index is 451. The average molecular weight is 308 g/mol. The van der Waals surface area contributed by atoms with E-state index in [-0.39, 0.29) is 0 Å². The molecule has 1 fully saturated rings. The van der Waals surface area contributed by atoms with E-state index in [1.54, 1.807) is 0 Å². The molecule has 1 aliphatic rings. The summed E-state index contributed by atoms with van der Waals surface area (Å²) in [4.78, 5) is 2.33. The molecule has 3 nitrogen and oxygen atoms in total. The molecule has 1 heterocycles. The Labute approximate surface area is 117 Å². The Morgan fingerprint density at radius 3 is 3.06 bits per heavy atom. The molecule has 2 rings (SSSR count). The maximum absolute atomic E-state index is 9.23. The van der Waals surface area contributed by atoms with Crippen LogP contribution in [0.2, 0.25) is 0 Å². The van der Waals surface area contributed by atoms with Crippen molar-refractivity contribution in [1.29, 1.82) is 5.26 Å². The Morgan fingerprint density at radius 1 is 1.50 bits per heavy atom. The number of nitriles is 1. The fraction of sp³-hybridized carbons (Fsp3) is 0.500. The second-order valence-electron chi connectivity index (χ2n) is 4.80. The minimum atomic E-state index is 0.666. The number of benzene rings is 1. The van der Waals surface area contributed by atoms with E-state index < -0.39 is 0 Å². The predicted octanol–water partition coefficient (Wildman–Crippen LogP) is 2.89. The number of nitrogens with zero attached hydrogens (tertiary/aromatic N) is 2. The van der Waals surface area contributed by atoms with Gasteiger partial charge in [-0.05, 0) is 49.9 Å². The van der Waals surface area contributed by atoms with Gasteiger partial charge in [0.1, 0.15) is 6.07 Å². The van der Waals surface area contributed by atoms with Crippen LogP contribution in [0.15, 0.2) is 22.7 Å². The van der Waals surface area contributed by atoms with Gasteiger partial charge in [-0.3, -0.25) is 0 Å². The molecule has 18 heavy (non-hydrogen) atoms. The first-order chi connectivity index (χ1) is 8.74. The third-order valence-electron chi connectivity index (χ3n) is 3.51. The van der Waals surface area contributed by atoms with Gasteiger partial charge in [0.25, 0.3) is 0 Å². The van der Waals surface area contributed by atoms with Gasteiger partial charge in [0, 0.05) is 17.6 Å². The molecular formula is C14H18BrN3. The molecule has 0 saturated carbocycles. The summed E-state index contributed by atoms with van der Waals surface area (Å²) < 4.78 is 0.957. The lowest BCUT2D eigenvalue weighted by atomic mass is 9.94. The zero-order chi connectivity index (χ0) is 13.0. The highest BCUT2D eigenvalue weighted by Gasteiger charge is 2.21. The SMILES string of the molecule is N#Cc1cc(Br)ccc1N1CCCC(CCN)C1. The van der Waals surface area contributed by atoms with E-state index in [9.17, 15) is 5.26 Å². The van der Waals surface area contributed by atoms with Crippen LogP contribution in [-0.2, 0) is 0 Å². The quantitative estimate of drug-likeness (QED) is 0.934. The van der Waals surface area contributed by atoms with Gasteiger partial charge in [-0.15, -0.1) is 0 Å². The van der Waals surface area contributed by atoms with Crippen molar-refractivity contribution in [2.75, 3.05) is 24.5 Å². The first kappa shape index (κ1) is 13.4. The summed E-state index contributed by atoms with van der Waals surface area (Å²) in [5.41, 5.74) is 7.45. The first-order valence-corrected chi connectivity index (χ1v) is 7.18. The summed E-state index contributed by atoms with van der Waals surface area (Å²) in [5.74, 6) is 0.666. The third-order valence-corrected chi connectivity index (χ3v) is 4.01. The van der Waals surface area contributed by atoms with Crippen LogP contribution < -0.4 is 10.6 Å². The van der Waals surface area contributed by atoms with Gasteiger partial charge in [0.15, 0.2) is 0 Å². The fourth-order valence-electron chi connectivity index (χ4n) is 2.63.